The van der Waals surface area contributed by atoms with Gasteiger partial charge in [0, 0.05) is 35.7 Å². The molecule has 2 aliphatic rings. The van der Waals surface area contributed by atoms with Crippen LogP contribution >= 0.6 is 0 Å². The number of pyridine rings is 1. The molecule has 0 radical (unpaired) electrons. The molecule has 3 aromatic rings. The summed E-state index contributed by atoms with van der Waals surface area (Å²) < 4.78 is 34.3. The Morgan fingerprint density at radius 1 is 1.11 bits per heavy atom. The smallest absolute Gasteiger partial charge is 0.269 e. The van der Waals surface area contributed by atoms with Gasteiger partial charge in [0.15, 0.2) is 14.0 Å². The molecule has 0 amide bonds. The second kappa shape index (κ2) is 9.50. The molecule has 1 fully saturated rings. The van der Waals surface area contributed by atoms with Gasteiger partial charge in [-0.2, -0.15) is 5.01 Å². The average Bonchev–Trinajstić information content (AvgIpc) is 3.48. The van der Waals surface area contributed by atoms with Gasteiger partial charge in [-0.05, 0) is 62.0 Å². The monoisotopic (exact) mass is 542 g/mol. The molecule has 1 saturated carbocycles. The molecule has 10 heteroatoms. The number of benzene rings is 1. The number of aliphatic hydroxyl groups is 1. The largest absolute Gasteiger partial charge is 0.414 e. The van der Waals surface area contributed by atoms with Crippen LogP contribution in [0, 0.1) is 5.92 Å². The van der Waals surface area contributed by atoms with E-state index in [0.717, 1.165) is 42.3 Å². The summed E-state index contributed by atoms with van der Waals surface area (Å²) in [5, 5.41) is 14.1. The van der Waals surface area contributed by atoms with Crippen molar-refractivity contribution in [1.82, 2.24) is 14.0 Å². The van der Waals surface area contributed by atoms with Crippen molar-refractivity contribution in [2.75, 3.05) is 5.43 Å². The molecule has 8 nitrogen and oxygen atoms in total. The third-order valence-corrected chi connectivity index (χ3v) is 14.6. The van der Waals surface area contributed by atoms with Crippen molar-refractivity contribution in [3.05, 3.63) is 54.4 Å². The third-order valence-electron chi connectivity index (χ3n) is 8.41. The van der Waals surface area contributed by atoms with E-state index in [9.17, 15) is 13.5 Å². The number of aromatic nitrogens is 2. The first-order valence-corrected chi connectivity index (χ1v) is 17.4. The number of nitrogens with zero attached hydrogens (tertiary/aromatic N) is 3. The summed E-state index contributed by atoms with van der Waals surface area (Å²) >= 11 is 0. The average molecular weight is 543 g/mol. The summed E-state index contributed by atoms with van der Waals surface area (Å²) in [5.74, 6) is 0.146. The van der Waals surface area contributed by atoms with Crippen LogP contribution in [-0.4, -0.2) is 48.1 Å². The lowest BCUT2D eigenvalue weighted by Crippen LogP contribution is -2.46. The van der Waals surface area contributed by atoms with Crippen molar-refractivity contribution >= 4 is 35.1 Å². The van der Waals surface area contributed by atoms with Crippen molar-refractivity contribution < 1.29 is 18.0 Å². The number of fused-ring (bicyclic) bond motifs is 3. The molecule has 5 rings (SSSR count). The summed E-state index contributed by atoms with van der Waals surface area (Å²) in [7, 11) is -5.56. The molecular weight excluding hydrogens is 504 g/mol. The molecule has 1 aliphatic carbocycles. The number of rotatable bonds is 6. The number of hydrogen-bond acceptors (Lipinski definition) is 7. The summed E-state index contributed by atoms with van der Waals surface area (Å²) in [6, 6.07) is 10.2. The van der Waals surface area contributed by atoms with E-state index in [1.807, 2.05) is 5.01 Å². The molecule has 1 atom stereocenters. The predicted octanol–water partition coefficient (Wildman–Crippen LogP) is 5.31. The van der Waals surface area contributed by atoms with Crippen molar-refractivity contribution in [2.24, 2.45) is 5.92 Å². The molecule has 0 saturated heterocycles. The quantitative estimate of drug-likeness (QED) is 0.407. The zero-order valence-electron chi connectivity index (χ0n) is 22.3. The summed E-state index contributed by atoms with van der Waals surface area (Å²) in [6.07, 6.45) is 6.58. The van der Waals surface area contributed by atoms with Crippen LogP contribution in [0.4, 0.5) is 5.69 Å². The van der Waals surface area contributed by atoms with E-state index in [1.54, 1.807) is 48.8 Å². The lowest BCUT2D eigenvalue weighted by molar-refractivity contribution is -0.0476. The first kappa shape index (κ1) is 26.4. The van der Waals surface area contributed by atoms with Gasteiger partial charge in [0.2, 0.25) is 0 Å². The van der Waals surface area contributed by atoms with Crippen molar-refractivity contribution in [2.45, 2.75) is 88.4 Å². The third kappa shape index (κ3) is 4.85. The Hall–Kier alpha value is -2.24. The first-order valence-electron chi connectivity index (χ1n) is 13.1. The fourth-order valence-corrected chi connectivity index (χ4v) is 7.91. The zero-order valence-corrected chi connectivity index (χ0v) is 24.1. The van der Waals surface area contributed by atoms with Crippen LogP contribution in [0.1, 0.15) is 52.0 Å². The highest BCUT2D eigenvalue weighted by atomic mass is 32.2. The highest BCUT2D eigenvalue weighted by Crippen LogP contribution is 2.41. The van der Waals surface area contributed by atoms with Gasteiger partial charge in [0.05, 0.1) is 16.8 Å². The molecule has 1 unspecified atom stereocenters. The molecule has 0 spiro atoms. The minimum absolute atomic E-state index is 0.146. The highest BCUT2D eigenvalue weighted by Gasteiger charge is 2.41. The van der Waals surface area contributed by atoms with E-state index in [1.165, 1.54) is 3.97 Å². The molecule has 1 aromatic carbocycles. The Kier molecular flexibility index (Phi) is 6.77. The molecular formula is C27H38N4O4SSi. The van der Waals surface area contributed by atoms with Crippen LogP contribution in [0.25, 0.3) is 11.0 Å². The Morgan fingerprint density at radius 3 is 2.43 bits per heavy atom. The maximum Gasteiger partial charge on any atom is 0.269 e. The van der Waals surface area contributed by atoms with Gasteiger partial charge >= 0.3 is 0 Å². The summed E-state index contributed by atoms with van der Waals surface area (Å²) in [5.41, 5.74) is 5.45. The van der Waals surface area contributed by atoms with Crippen LogP contribution < -0.4 is 5.43 Å². The second-order valence-corrected chi connectivity index (χ2v) is 18.5. The SMILES string of the molecule is CC(C)(C)[Si](C)(C)O[C@H]1CC[C@H](C(O)N2Cc3c(cnc4c3ccn4S(=O)(=O)c3ccccc3)N2)CC1. The van der Waals surface area contributed by atoms with Crippen molar-refractivity contribution in [1.29, 1.82) is 0 Å². The van der Waals surface area contributed by atoms with Crippen molar-refractivity contribution in [3.8, 4) is 0 Å². The van der Waals surface area contributed by atoms with E-state index >= 15 is 0 Å². The van der Waals surface area contributed by atoms with E-state index in [2.05, 4.69) is 44.3 Å². The second-order valence-electron chi connectivity index (χ2n) is 11.9. The standard InChI is InChI=1S/C27H38N4O4SSi/c1-27(2,3)37(4,5)35-20-13-11-19(12-14-20)26(32)30-18-23-22-15-16-31(25(22)28-17-24(23)29-30)36(33,34)21-9-7-6-8-10-21/h6-10,15-17,19-20,26,29,32H,11-14,18H2,1-5H3/t19-,20-,26?. The predicted molar refractivity (Wildman–Crippen MR) is 148 cm³/mol. The molecule has 37 heavy (non-hydrogen) atoms. The van der Waals surface area contributed by atoms with E-state index in [4.69, 9.17) is 4.43 Å². The Morgan fingerprint density at radius 2 is 1.78 bits per heavy atom. The molecule has 200 valence electrons. The van der Waals surface area contributed by atoms with E-state index in [-0.39, 0.29) is 22.0 Å². The maximum atomic E-state index is 13.2. The normalized spacial score (nSPS) is 22.1. The fraction of sp³-hybridized carbons (Fsp3) is 0.519. The number of hydrogen-bond donors (Lipinski definition) is 2. The molecule has 1 aliphatic heterocycles. The fourth-order valence-electron chi connectivity index (χ4n) is 5.16. The summed E-state index contributed by atoms with van der Waals surface area (Å²) in [6.45, 7) is 11.9. The summed E-state index contributed by atoms with van der Waals surface area (Å²) in [4.78, 5) is 4.70. The molecule has 2 N–H and O–H groups in total. The van der Waals surface area contributed by atoms with E-state index < -0.39 is 24.6 Å². The van der Waals surface area contributed by atoms with Gasteiger partial charge in [-0.3, -0.25) is 0 Å². The van der Waals surface area contributed by atoms with Crippen LogP contribution in [0.5, 0.6) is 0 Å². The minimum atomic E-state index is -3.75. The Balaban J connectivity index is 1.28. The first-order chi connectivity index (χ1) is 17.4. The van der Waals surface area contributed by atoms with Gasteiger partial charge < -0.3 is 15.0 Å². The molecule has 2 aromatic heterocycles. The van der Waals surface area contributed by atoms with E-state index in [0.29, 0.717) is 12.2 Å². The van der Waals surface area contributed by atoms with Gasteiger partial charge in [0.25, 0.3) is 10.0 Å². The van der Waals surface area contributed by atoms with Gasteiger partial charge in [-0.1, -0.05) is 39.0 Å². The number of anilines is 1. The Bertz CT molecular complexity index is 1380. The molecule has 0 bridgehead atoms. The number of aliphatic hydroxyl groups excluding tert-OH is 1. The van der Waals surface area contributed by atoms with Crippen molar-refractivity contribution in [3.63, 3.8) is 0 Å². The van der Waals surface area contributed by atoms with Gasteiger partial charge in [0.1, 0.15) is 6.23 Å². The lowest BCUT2D eigenvalue weighted by Gasteiger charge is -2.42. The van der Waals surface area contributed by atoms with Gasteiger partial charge in [-0.15, -0.1) is 0 Å². The minimum Gasteiger partial charge on any atom is -0.414 e. The lowest BCUT2D eigenvalue weighted by atomic mass is 9.86. The highest BCUT2D eigenvalue weighted by molar-refractivity contribution is 7.90. The van der Waals surface area contributed by atoms with Crippen LogP contribution in [-0.2, 0) is 21.0 Å². The maximum absolute atomic E-state index is 13.2. The van der Waals surface area contributed by atoms with Crippen LogP contribution in [0.15, 0.2) is 53.7 Å². The van der Waals surface area contributed by atoms with Crippen LogP contribution in [0.2, 0.25) is 18.1 Å². The topological polar surface area (TPSA) is 96.7 Å². The molecule has 3 heterocycles. The Labute approximate surface area is 220 Å². The number of nitrogens with one attached hydrogen (secondary N) is 1. The zero-order chi connectivity index (χ0) is 26.6. The van der Waals surface area contributed by atoms with Gasteiger partial charge in [-0.25, -0.2) is 17.4 Å². The number of hydrazine groups is 1. The van der Waals surface area contributed by atoms with Crippen LogP contribution in [0.3, 0.4) is 0 Å².